The molecule has 2 atom stereocenters. The quantitative estimate of drug-likeness (QED) is 0.801. The molecule has 2 unspecified atom stereocenters. The Labute approximate surface area is 155 Å². The van der Waals surface area contributed by atoms with Gasteiger partial charge in [0.1, 0.15) is 5.75 Å². The fourth-order valence-electron chi connectivity index (χ4n) is 3.38. The predicted octanol–water partition coefficient (Wildman–Crippen LogP) is 2.21. The summed E-state index contributed by atoms with van der Waals surface area (Å²) in [5.41, 5.74) is 8.30. The van der Waals surface area contributed by atoms with Gasteiger partial charge in [-0.1, -0.05) is 36.4 Å². The van der Waals surface area contributed by atoms with Gasteiger partial charge in [0.2, 0.25) is 5.91 Å². The molecule has 138 valence electrons. The van der Waals surface area contributed by atoms with E-state index in [2.05, 4.69) is 22.3 Å². The normalized spacial score (nSPS) is 17.8. The lowest BCUT2D eigenvalue weighted by Crippen LogP contribution is -2.44. The molecular weight excluding hydrogens is 326 g/mol. The van der Waals surface area contributed by atoms with Crippen LogP contribution >= 0.6 is 0 Å². The second-order valence-corrected chi connectivity index (χ2v) is 6.84. The highest BCUT2D eigenvalue weighted by molar-refractivity contribution is 5.81. The van der Waals surface area contributed by atoms with Crippen LogP contribution in [-0.4, -0.2) is 38.7 Å². The molecule has 2 aromatic carbocycles. The highest BCUT2D eigenvalue weighted by Gasteiger charge is 2.24. The van der Waals surface area contributed by atoms with Gasteiger partial charge in [0.15, 0.2) is 0 Å². The van der Waals surface area contributed by atoms with Gasteiger partial charge < -0.3 is 20.7 Å². The molecule has 5 heteroatoms. The summed E-state index contributed by atoms with van der Waals surface area (Å²) in [6.45, 7) is 2.59. The van der Waals surface area contributed by atoms with Crippen LogP contribution in [0.5, 0.6) is 5.75 Å². The molecule has 1 aliphatic rings. The van der Waals surface area contributed by atoms with Crippen LogP contribution in [-0.2, 0) is 11.2 Å². The van der Waals surface area contributed by atoms with Gasteiger partial charge in [-0.05, 0) is 36.5 Å². The van der Waals surface area contributed by atoms with Crippen molar-refractivity contribution in [2.24, 2.45) is 11.7 Å². The number of carbonyl (C=O) groups excluding carboxylic acids is 1. The van der Waals surface area contributed by atoms with Gasteiger partial charge in [0, 0.05) is 31.4 Å². The number of anilines is 1. The van der Waals surface area contributed by atoms with Crippen LogP contribution in [0.25, 0.3) is 0 Å². The molecule has 3 N–H and O–H groups in total. The number of methoxy groups -OCH3 is 1. The van der Waals surface area contributed by atoms with Crippen molar-refractivity contribution in [3.05, 3.63) is 60.2 Å². The third-order valence-electron chi connectivity index (χ3n) is 4.90. The Hall–Kier alpha value is -2.53. The molecule has 26 heavy (non-hydrogen) atoms. The zero-order valence-corrected chi connectivity index (χ0v) is 15.2. The number of benzene rings is 2. The summed E-state index contributed by atoms with van der Waals surface area (Å²) >= 11 is 0. The average Bonchev–Trinajstić information content (AvgIpc) is 3.16. The van der Waals surface area contributed by atoms with E-state index in [1.165, 1.54) is 5.69 Å². The highest BCUT2D eigenvalue weighted by Crippen LogP contribution is 2.26. The van der Waals surface area contributed by atoms with Gasteiger partial charge in [-0.2, -0.15) is 0 Å². The first-order valence-electron chi connectivity index (χ1n) is 9.12. The number of amides is 1. The summed E-state index contributed by atoms with van der Waals surface area (Å²) < 4.78 is 5.30. The predicted molar refractivity (Wildman–Crippen MR) is 104 cm³/mol. The summed E-state index contributed by atoms with van der Waals surface area (Å²) in [4.78, 5) is 14.6. The molecule has 0 bridgehead atoms. The van der Waals surface area contributed by atoms with Crippen molar-refractivity contribution < 1.29 is 9.53 Å². The Morgan fingerprint density at radius 3 is 2.85 bits per heavy atom. The van der Waals surface area contributed by atoms with Crippen LogP contribution < -0.4 is 20.7 Å². The maximum atomic E-state index is 12.3. The Bertz CT molecular complexity index is 720. The standard InChI is InChI=1S/C21H27N3O2/c1-26-19-9-5-8-18(13-19)24-11-10-17(15-24)14-23-21(25)20(22)12-16-6-3-2-4-7-16/h2-9,13,17,20H,10-12,14-15,22H2,1H3,(H,23,25). The molecule has 2 aromatic rings. The van der Waals surface area contributed by atoms with E-state index in [9.17, 15) is 4.79 Å². The largest absolute Gasteiger partial charge is 0.497 e. The van der Waals surface area contributed by atoms with E-state index in [0.717, 1.165) is 30.8 Å². The highest BCUT2D eigenvalue weighted by atomic mass is 16.5. The van der Waals surface area contributed by atoms with Crippen molar-refractivity contribution in [2.45, 2.75) is 18.9 Å². The van der Waals surface area contributed by atoms with Crippen LogP contribution in [0.2, 0.25) is 0 Å². The number of nitrogens with zero attached hydrogens (tertiary/aromatic N) is 1. The minimum absolute atomic E-state index is 0.0753. The number of ether oxygens (including phenoxy) is 1. The number of carbonyl (C=O) groups is 1. The maximum Gasteiger partial charge on any atom is 0.237 e. The number of nitrogens with one attached hydrogen (secondary N) is 1. The first kappa shape index (κ1) is 18.3. The summed E-state index contributed by atoms with van der Waals surface area (Å²) in [6.07, 6.45) is 1.62. The van der Waals surface area contributed by atoms with Crippen molar-refractivity contribution in [1.82, 2.24) is 5.32 Å². The fraction of sp³-hybridized carbons (Fsp3) is 0.381. The van der Waals surface area contributed by atoms with E-state index in [0.29, 0.717) is 18.9 Å². The molecule has 0 spiro atoms. The molecule has 1 saturated heterocycles. The lowest BCUT2D eigenvalue weighted by Gasteiger charge is -2.20. The number of rotatable bonds is 7. The molecule has 5 nitrogen and oxygen atoms in total. The topological polar surface area (TPSA) is 67.6 Å². The number of nitrogens with two attached hydrogens (primary N) is 1. The van der Waals surface area contributed by atoms with Crippen LogP contribution in [0, 0.1) is 5.92 Å². The van der Waals surface area contributed by atoms with E-state index in [-0.39, 0.29) is 5.91 Å². The van der Waals surface area contributed by atoms with E-state index in [4.69, 9.17) is 10.5 Å². The zero-order valence-electron chi connectivity index (χ0n) is 15.2. The lowest BCUT2D eigenvalue weighted by molar-refractivity contribution is -0.122. The summed E-state index contributed by atoms with van der Waals surface area (Å²) in [5.74, 6) is 1.23. The van der Waals surface area contributed by atoms with Crippen molar-refractivity contribution in [3.63, 3.8) is 0 Å². The summed E-state index contributed by atoms with van der Waals surface area (Å²) in [5, 5.41) is 3.02. The monoisotopic (exact) mass is 353 g/mol. The van der Waals surface area contributed by atoms with E-state index >= 15 is 0 Å². The third-order valence-corrected chi connectivity index (χ3v) is 4.90. The van der Waals surface area contributed by atoms with Gasteiger partial charge in [0.25, 0.3) is 0 Å². The number of hydrogen-bond donors (Lipinski definition) is 2. The van der Waals surface area contributed by atoms with Gasteiger partial charge in [-0.3, -0.25) is 4.79 Å². The Morgan fingerprint density at radius 2 is 2.08 bits per heavy atom. The maximum absolute atomic E-state index is 12.3. The van der Waals surface area contributed by atoms with Crippen LogP contribution in [0.15, 0.2) is 54.6 Å². The molecule has 0 saturated carbocycles. The fourth-order valence-corrected chi connectivity index (χ4v) is 3.38. The minimum Gasteiger partial charge on any atom is -0.497 e. The van der Waals surface area contributed by atoms with Gasteiger partial charge in [-0.25, -0.2) is 0 Å². The van der Waals surface area contributed by atoms with E-state index in [1.807, 2.05) is 42.5 Å². The van der Waals surface area contributed by atoms with Crippen molar-refractivity contribution in [1.29, 1.82) is 0 Å². The van der Waals surface area contributed by atoms with Crippen LogP contribution in [0.3, 0.4) is 0 Å². The molecule has 1 aliphatic heterocycles. The van der Waals surface area contributed by atoms with E-state index < -0.39 is 6.04 Å². The third kappa shape index (κ3) is 4.76. The van der Waals surface area contributed by atoms with Crippen molar-refractivity contribution in [3.8, 4) is 5.75 Å². The second kappa shape index (κ2) is 8.72. The minimum atomic E-state index is -0.506. The Morgan fingerprint density at radius 1 is 1.27 bits per heavy atom. The molecule has 1 fully saturated rings. The smallest absolute Gasteiger partial charge is 0.237 e. The second-order valence-electron chi connectivity index (χ2n) is 6.84. The molecule has 1 amide bonds. The van der Waals surface area contributed by atoms with Crippen molar-refractivity contribution in [2.75, 3.05) is 31.6 Å². The Kier molecular flexibility index (Phi) is 6.12. The van der Waals surface area contributed by atoms with E-state index in [1.54, 1.807) is 7.11 Å². The molecule has 0 aromatic heterocycles. The molecule has 0 radical (unpaired) electrons. The van der Waals surface area contributed by atoms with Crippen LogP contribution in [0.4, 0.5) is 5.69 Å². The summed E-state index contributed by atoms with van der Waals surface area (Å²) in [7, 11) is 1.68. The average molecular weight is 353 g/mol. The first-order chi connectivity index (χ1) is 12.7. The number of hydrogen-bond acceptors (Lipinski definition) is 4. The van der Waals surface area contributed by atoms with Crippen molar-refractivity contribution >= 4 is 11.6 Å². The molecular formula is C21H27N3O2. The van der Waals surface area contributed by atoms with Gasteiger partial charge >= 0.3 is 0 Å². The molecule has 0 aliphatic carbocycles. The SMILES string of the molecule is COc1cccc(N2CCC(CNC(=O)C(N)Cc3ccccc3)C2)c1. The Balaban J connectivity index is 1.46. The van der Waals surface area contributed by atoms with Gasteiger partial charge in [-0.15, -0.1) is 0 Å². The van der Waals surface area contributed by atoms with Crippen LogP contribution in [0.1, 0.15) is 12.0 Å². The first-order valence-corrected chi connectivity index (χ1v) is 9.12. The lowest BCUT2D eigenvalue weighted by atomic mass is 10.1. The summed E-state index contributed by atoms with van der Waals surface area (Å²) in [6, 6.07) is 17.5. The zero-order chi connectivity index (χ0) is 18.4. The molecule has 3 rings (SSSR count). The van der Waals surface area contributed by atoms with Gasteiger partial charge in [0.05, 0.1) is 13.2 Å². The molecule has 1 heterocycles.